The van der Waals surface area contributed by atoms with Gasteiger partial charge in [0, 0.05) is 19.1 Å². The first-order valence-electron chi connectivity index (χ1n) is 5.99. The average molecular weight is 230 g/mol. The molecule has 4 heteroatoms. The van der Waals surface area contributed by atoms with Crippen molar-refractivity contribution in [2.24, 2.45) is 5.92 Å². The first-order valence-corrected chi connectivity index (χ1v) is 5.99. The molecule has 0 fully saturated rings. The Hall–Kier alpha value is -0.610. The van der Waals surface area contributed by atoms with Crippen molar-refractivity contribution < 1.29 is 9.90 Å². The van der Waals surface area contributed by atoms with Gasteiger partial charge in [-0.3, -0.25) is 9.69 Å². The summed E-state index contributed by atoms with van der Waals surface area (Å²) in [6.45, 7) is 8.28. The molecule has 0 aliphatic carbocycles. The van der Waals surface area contributed by atoms with Gasteiger partial charge in [-0.05, 0) is 26.9 Å². The topological polar surface area (TPSA) is 43.8 Å². The van der Waals surface area contributed by atoms with Crippen LogP contribution < -0.4 is 0 Å². The summed E-state index contributed by atoms with van der Waals surface area (Å²) < 4.78 is 0. The van der Waals surface area contributed by atoms with E-state index in [1.807, 2.05) is 14.1 Å². The summed E-state index contributed by atoms with van der Waals surface area (Å²) in [5.41, 5.74) is 0. The highest BCUT2D eigenvalue weighted by atomic mass is 16.4. The van der Waals surface area contributed by atoms with Crippen molar-refractivity contribution in [2.45, 2.75) is 33.2 Å². The Balaban J connectivity index is 4.34. The molecule has 0 aromatic rings. The summed E-state index contributed by atoms with van der Waals surface area (Å²) in [5, 5.41) is 8.90. The molecule has 4 nitrogen and oxygen atoms in total. The summed E-state index contributed by atoms with van der Waals surface area (Å²) in [6.07, 6.45) is 1.08. The summed E-state index contributed by atoms with van der Waals surface area (Å²) >= 11 is 0. The second-order valence-corrected chi connectivity index (χ2v) is 4.79. The molecule has 0 saturated heterocycles. The summed E-state index contributed by atoms with van der Waals surface area (Å²) in [4.78, 5) is 14.9. The van der Waals surface area contributed by atoms with E-state index >= 15 is 0 Å². The molecule has 2 atom stereocenters. The molecule has 0 amide bonds. The zero-order chi connectivity index (χ0) is 12.7. The third-order valence-electron chi connectivity index (χ3n) is 3.22. The van der Waals surface area contributed by atoms with Crippen molar-refractivity contribution in [2.75, 3.05) is 33.7 Å². The van der Waals surface area contributed by atoms with Crippen LogP contribution >= 0.6 is 0 Å². The van der Waals surface area contributed by atoms with E-state index in [0.717, 1.165) is 19.5 Å². The van der Waals surface area contributed by atoms with E-state index in [0.29, 0.717) is 12.0 Å². The number of rotatable bonds is 8. The Labute approximate surface area is 99.2 Å². The average Bonchev–Trinajstić information content (AvgIpc) is 2.21. The molecular formula is C12H26N2O2. The second kappa shape index (κ2) is 7.63. The minimum atomic E-state index is -0.742. The molecule has 0 aliphatic rings. The van der Waals surface area contributed by atoms with Gasteiger partial charge in [0.1, 0.15) is 0 Å². The fraction of sp³-hybridized carbons (Fsp3) is 0.917. The van der Waals surface area contributed by atoms with Crippen molar-refractivity contribution in [3.8, 4) is 0 Å². The van der Waals surface area contributed by atoms with Crippen molar-refractivity contribution in [3.05, 3.63) is 0 Å². The van der Waals surface area contributed by atoms with Crippen molar-refractivity contribution in [3.63, 3.8) is 0 Å². The smallest absolute Gasteiger partial charge is 0.317 e. The third-order valence-corrected chi connectivity index (χ3v) is 3.22. The standard InChI is InChI=1S/C12H26N2O2/c1-6-10(2)11(3)14(9-12(15)16)8-7-13(4)5/h10-11H,6-9H2,1-5H3,(H,15,16). The van der Waals surface area contributed by atoms with Crippen molar-refractivity contribution >= 4 is 5.97 Å². The third kappa shape index (κ3) is 6.08. The van der Waals surface area contributed by atoms with Crippen LogP contribution in [0.4, 0.5) is 0 Å². The summed E-state index contributed by atoms with van der Waals surface area (Å²) in [7, 11) is 4.01. The van der Waals surface area contributed by atoms with Gasteiger partial charge in [0.25, 0.3) is 0 Å². The predicted molar refractivity (Wildman–Crippen MR) is 66.7 cm³/mol. The van der Waals surface area contributed by atoms with Gasteiger partial charge in [-0.1, -0.05) is 20.3 Å². The SMILES string of the molecule is CCC(C)C(C)N(CCN(C)C)CC(=O)O. The van der Waals surface area contributed by atoms with Gasteiger partial charge < -0.3 is 10.0 Å². The molecule has 0 rings (SSSR count). The first kappa shape index (κ1) is 15.4. The number of carboxylic acid groups (broad SMARTS) is 1. The Morgan fingerprint density at radius 3 is 2.19 bits per heavy atom. The molecule has 0 spiro atoms. The zero-order valence-electron chi connectivity index (χ0n) is 11.2. The molecule has 96 valence electrons. The highest BCUT2D eigenvalue weighted by Crippen LogP contribution is 2.13. The Kier molecular flexibility index (Phi) is 7.34. The number of carboxylic acids is 1. The van der Waals surface area contributed by atoms with E-state index in [9.17, 15) is 4.79 Å². The van der Waals surface area contributed by atoms with Gasteiger partial charge in [0.2, 0.25) is 0 Å². The maximum absolute atomic E-state index is 10.8. The summed E-state index contributed by atoms with van der Waals surface area (Å²) in [5.74, 6) is -0.213. The number of nitrogens with zero attached hydrogens (tertiary/aromatic N) is 2. The van der Waals surface area contributed by atoms with Crippen LogP contribution in [-0.2, 0) is 4.79 Å². The second-order valence-electron chi connectivity index (χ2n) is 4.79. The molecular weight excluding hydrogens is 204 g/mol. The van der Waals surface area contributed by atoms with Crippen LogP contribution in [-0.4, -0.2) is 60.6 Å². The van der Waals surface area contributed by atoms with Gasteiger partial charge >= 0.3 is 5.97 Å². The largest absolute Gasteiger partial charge is 0.480 e. The summed E-state index contributed by atoms with van der Waals surface area (Å²) in [6, 6.07) is 0.320. The molecule has 0 aromatic heterocycles. The quantitative estimate of drug-likeness (QED) is 0.684. The van der Waals surface area contributed by atoms with Crippen LogP contribution in [0.1, 0.15) is 27.2 Å². The monoisotopic (exact) mass is 230 g/mol. The Bertz CT molecular complexity index is 207. The highest BCUT2D eigenvalue weighted by Gasteiger charge is 2.20. The molecule has 0 aliphatic heterocycles. The molecule has 1 N–H and O–H groups in total. The molecule has 0 bridgehead atoms. The number of hydrogen-bond acceptors (Lipinski definition) is 3. The van der Waals surface area contributed by atoms with Gasteiger partial charge in [-0.2, -0.15) is 0 Å². The molecule has 0 radical (unpaired) electrons. The normalized spacial score (nSPS) is 15.4. The molecule has 0 saturated carbocycles. The van der Waals surface area contributed by atoms with Crippen LogP contribution in [0.2, 0.25) is 0 Å². The minimum absolute atomic E-state index is 0.138. The highest BCUT2D eigenvalue weighted by molar-refractivity contribution is 5.69. The lowest BCUT2D eigenvalue weighted by Gasteiger charge is -2.32. The maximum Gasteiger partial charge on any atom is 0.317 e. The van der Waals surface area contributed by atoms with Gasteiger partial charge in [0.05, 0.1) is 6.54 Å². The van der Waals surface area contributed by atoms with Crippen molar-refractivity contribution in [1.82, 2.24) is 9.80 Å². The lowest BCUT2D eigenvalue weighted by molar-refractivity contribution is -0.139. The Morgan fingerprint density at radius 2 is 1.81 bits per heavy atom. The molecule has 0 heterocycles. The number of likely N-dealkylation sites (N-methyl/N-ethyl adjacent to an activating group) is 1. The van der Waals surface area contributed by atoms with E-state index in [1.165, 1.54) is 0 Å². The van der Waals surface area contributed by atoms with Crippen LogP contribution in [0.15, 0.2) is 0 Å². The van der Waals surface area contributed by atoms with Crippen molar-refractivity contribution in [1.29, 1.82) is 0 Å². The van der Waals surface area contributed by atoms with Gasteiger partial charge in [0.15, 0.2) is 0 Å². The number of carbonyl (C=O) groups is 1. The van der Waals surface area contributed by atoms with Gasteiger partial charge in [-0.15, -0.1) is 0 Å². The minimum Gasteiger partial charge on any atom is -0.480 e. The zero-order valence-corrected chi connectivity index (χ0v) is 11.2. The molecule has 16 heavy (non-hydrogen) atoms. The van der Waals surface area contributed by atoms with Gasteiger partial charge in [-0.25, -0.2) is 0 Å². The van der Waals surface area contributed by atoms with E-state index in [2.05, 4.69) is 30.6 Å². The first-order chi connectivity index (χ1) is 7.38. The van der Waals surface area contributed by atoms with Crippen LogP contribution in [0.3, 0.4) is 0 Å². The number of aliphatic carboxylic acids is 1. The maximum atomic E-state index is 10.8. The van der Waals surface area contributed by atoms with E-state index in [1.54, 1.807) is 0 Å². The predicted octanol–water partition coefficient (Wildman–Crippen LogP) is 1.37. The Morgan fingerprint density at radius 1 is 1.25 bits per heavy atom. The fourth-order valence-electron chi connectivity index (χ4n) is 1.63. The van der Waals surface area contributed by atoms with Crippen LogP contribution in [0, 0.1) is 5.92 Å². The molecule has 0 aromatic carbocycles. The lowest BCUT2D eigenvalue weighted by atomic mass is 9.99. The van der Waals surface area contributed by atoms with E-state index in [-0.39, 0.29) is 6.54 Å². The molecule has 2 unspecified atom stereocenters. The number of hydrogen-bond donors (Lipinski definition) is 1. The van der Waals surface area contributed by atoms with E-state index < -0.39 is 5.97 Å². The van der Waals surface area contributed by atoms with Crippen LogP contribution in [0.25, 0.3) is 0 Å². The van der Waals surface area contributed by atoms with Crippen LogP contribution in [0.5, 0.6) is 0 Å². The van der Waals surface area contributed by atoms with E-state index in [4.69, 9.17) is 5.11 Å². The fourth-order valence-corrected chi connectivity index (χ4v) is 1.63. The lowest BCUT2D eigenvalue weighted by Crippen LogP contribution is -2.44.